The van der Waals surface area contributed by atoms with Gasteiger partial charge in [0, 0.05) is 0 Å². The van der Waals surface area contributed by atoms with E-state index in [9.17, 15) is 5.21 Å². The molecule has 2 aromatic carbocycles. The van der Waals surface area contributed by atoms with Crippen molar-refractivity contribution in [2.75, 3.05) is 14.1 Å². The third-order valence-electron chi connectivity index (χ3n) is 3.28. The van der Waals surface area contributed by atoms with Crippen LogP contribution in [0.4, 0.5) is 0 Å². The van der Waals surface area contributed by atoms with Gasteiger partial charge in [-0.3, -0.25) is 9.82 Å². The molecule has 0 atom stereocenters. The highest BCUT2D eigenvalue weighted by atomic mass is 35.5. The second-order valence-electron chi connectivity index (χ2n) is 5.50. The lowest BCUT2D eigenvalue weighted by Gasteiger charge is -1.97. The van der Waals surface area contributed by atoms with Gasteiger partial charge in [-0.15, -0.1) is 5.43 Å². The molecule has 4 rings (SSSR count). The molecule has 4 aromatic rings. The predicted octanol–water partition coefficient (Wildman–Crippen LogP) is 3.20. The summed E-state index contributed by atoms with van der Waals surface area (Å²) < 4.78 is 0. The van der Waals surface area contributed by atoms with Gasteiger partial charge in [0.15, 0.2) is 12.1 Å². The smallest absolute Gasteiger partial charge is 0.273 e. The summed E-state index contributed by atoms with van der Waals surface area (Å²) in [5.41, 5.74) is 4.91. The summed E-state index contributed by atoms with van der Waals surface area (Å²) in [6, 6.07) is 15.0. The Bertz CT molecular complexity index is 1190. The van der Waals surface area contributed by atoms with Gasteiger partial charge >= 0.3 is 0 Å². The molecule has 0 unspecified atom stereocenters. The second kappa shape index (κ2) is 11.7. The number of nitrogens with zero attached hydrogens (tertiary/aromatic N) is 7. The first-order valence-electron chi connectivity index (χ1n) is 8.58. The molecule has 0 radical (unpaired) electrons. The number of nitrogens with one attached hydrogen (secondary N) is 1. The van der Waals surface area contributed by atoms with E-state index in [0.29, 0.717) is 15.5 Å². The van der Waals surface area contributed by atoms with Crippen molar-refractivity contribution in [2.24, 2.45) is 5.28 Å². The minimum absolute atomic E-state index is 0.191. The minimum Gasteiger partial charge on any atom is -0.598 e. The van der Waals surface area contributed by atoms with Crippen LogP contribution in [0, 0.1) is 15.3 Å². The summed E-state index contributed by atoms with van der Waals surface area (Å²) in [4.78, 5) is 30.5. The average molecular weight is 445 g/mol. The lowest BCUT2D eigenvalue weighted by atomic mass is 10.3. The van der Waals surface area contributed by atoms with Crippen LogP contribution in [-0.2, 0) is 0 Å². The molecular formula is C18H17ClN8O4. The molecular weight excluding hydrogens is 428 g/mol. The highest BCUT2D eigenvalue weighted by molar-refractivity contribution is 6.29. The van der Waals surface area contributed by atoms with Gasteiger partial charge in [-0.1, -0.05) is 40.7 Å². The van der Waals surface area contributed by atoms with Gasteiger partial charge in [-0.25, -0.2) is 25.1 Å². The molecule has 31 heavy (non-hydrogen) atoms. The van der Waals surface area contributed by atoms with Gasteiger partial charge in [-0.05, 0) is 24.3 Å². The SMILES string of the molecule is CN[N+](=O)[O-].C[N+]([O-])=NOc1cnc2ccccc2n1.Clc1cnc2ccccc2n1. The van der Waals surface area contributed by atoms with Crippen LogP contribution in [0.15, 0.2) is 66.2 Å². The lowest BCUT2D eigenvalue weighted by Crippen LogP contribution is -2.13. The predicted molar refractivity (Wildman–Crippen MR) is 113 cm³/mol. The average Bonchev–Trinajstić information content (AvgIpc) is 2.78. The van der Waals surface area contributed by atoms with Crippen LogP contribution in [0.1, 0.15) is 0 Å². The topological polar surface area (TPSA) is 154 Å². The van der Waals surface area contributed by atoms with Crippen molar-refractivity contribution in [1.82, 2.24) is 25.4 Å². The summed E-state index contributed by atoms with van der Waals surface area (Å²) in [7, 11) is 2.47. The zero-order valence-corrected chi connectivity index (χ0v) is 17.2. The Kier molecular flexibility index (Phi) is 8.73. The van der Waals surface area contributed by atoms with E-state index in [2.05, 4.69) is 25.2 Å². The number of aromatic nitrogens is 4. The number of halogens is 1. The first kappa shape index (κ1) is 23.1. The van der Waals surface area contributed by atoms with E-state index >= 15 is 0 Å². The molecule has 2 heterocycles. The number of hydrogen-bond acceptors (Lipinski definition) is 9. The molecule has 12 nitrogen and oxygen atoms in total. The molecule has 0 aliphatic heterocycles. The zero-order chi connectivity index (χ0) is 22.6. The largest absolute Gasteiger partial charge is 0.598 e. The maximum absolute atomic E-state index is 10.5. The highest BCUT2D eigenvalue weighted by Gasteiger charge is 2.00. The summed E-state index contributed by atoms with van der Waals surface area (Å²) in [5.74, 6) is 0.191. The molecule has 0 fully saturated rings. The number of hydrogen-bond donors (Lipinski definition) is 1. The Hall–Kier alpha value is -4.19. The van der Waals surface area contributed by atoms with Crippen LogP contribution in [0.25, 0.3) is 22.1 Å². The quantitative estimate of drug-likeness (QED) is 0.217. The molecule has 0 spiro atoms. The summed E-state index contributed by atoms with van der Waals surface area (Å²) in [5, 5.41) is 22.5. The van der Waals surface area contributed by atoms with Gasteiger partial charge in [0.2, 0.25) is 5.28 Å². The Morgan fingerprint density at radius 3 is 1.94 bits per heavy atom. The van der Waals surface area contributed by atoms with Crippen molar-refractivity contribution in [3.63, 3.8) is 0 Å². The number of nitro groups is 1. The van der Waals surface area contributed by atoms with Crippen LogP contribution in [0.2, 0.25) is 5.15 Å². The minimum atomic E-state index is -0.625. The van der Waals surface area contributed by atoms with E-state index in [1.165, 1.54) is 20.3 Å². The van der Waals surface area contributed by atoms with Crippen molar-refractivity contribution in [3.05, 3.63) is 81.4 Å². The summed E-state index contributed by atoms with van der Waals surface area (Å²) >= 11 is 5.65. The molecule has 160 valence electrons. The van der Waals surface area contributed by atoms with E-state index < -0.39 is 5.03 Å². The first-order chi connectivity index (χ1) is 14.9. The molecule has 0 bridgehead atoms. The second-order valence-corrected chi connectivity index (χ2v) is 5.88. The molecule has 0 saturated carbocycles. The first-order valence-corrected chi connectivity index (χ1v) is 8.96. The standard InChI is InChI=1S/C9H8N4O2.C8H5ClN2.CH4N2O2/c1-13(14)12-15-9-6-10-7-4-2-3-5-8(7)11-9;9-8-5-10-6-3-1-2-4-7(6)11-8;1-2-3(4)5/h2-6H,1H3;1-5H;2H,1H3. The Morgan fingerprint density at radius 2 is 1.42 bits per heavy atom. The van der Waals surface area contributed by atoms with E-state index in [0.717, 1.165) is 16.6 Å². The summed E-state index contributed by atoms with van der Waals surface area (Å²) in [6.45, 7) is 0. The van der Waals surface area contributed by atoms with Crippen molar-refractivity contribution < 1.29 is 14.7 Å². The molecule has 0 saturated heterocycles. The fraction of sp³-hybridized carbons (Fsp3) is 0.111. The number of fused-ring (bicyclic) bond motifs is 2. The Labute approximate surface area is 180 Å². The number of benzene rings is 2. The van der Waals surface area contributed by atoms with Crippen molar-refractivity contribution in [1.29, 1.82) is 0 Å². The van der Waals surface area contributed by atoms with Crippen molar-refractivity contribution in [3.8, 4) is 5.88 Å². The van der Waals surface area contributed by atoms with Gasteiger partial charge in [0.1, 0.15) is 5.15 Å². The zero-order valence-electron chi connectivity index (χ0n) is 16.4. The maximum atomic E-state index is 10.5. The van der Waals surface area contributed by atoms with E-state index in [4.69, 9.17) is 26.6 Å². The van der Waals surface area contributed by atoms with E-state index in [1.54, 1.807) is 17.7 Å². The molecule has 2 aromatic heterocycles. The molecule has 1 N–H and O–H groups in total. The maximum Gasteiger partial charge on any atom is 0.273 e. The third-order valence-corrected chi connectivity index (χ3v) is 3.46. The fourth-order valence-electron chi connectivity index (χ4n) is 2.02. The van der Waals surface area contributed by atoms with Crippen LogP contribution in [0.3, 0.4) is 0 Å². The summed E-state index contributed by atoms with van der Waals surface area (Å²) in [6.07, 6.45) is 2.96. The van der Waals surface area contributed by atoms with E-state index in [-0.39, 0.29) is 5.88 Å². The number of hydroxylamine groups is 1. The normalized spacial score (nSPS) is 10.4. The molecule has 0 amide bonds. The highest BCUT2D eigenvalue weighted by Crippen LogP contribution is 2.13. The molecule has 0 aliphatic carbocycles. The number of rotatable bonds is 3. The van der Waals surface area contributed by atoms with Crippen LogP contribution < -0.4 is 10.3 Å². The number of para-hydroxylation sites is 4. The van der Waals surface area contributed by atoms with Crippen LogP contribution in [0.5, 0.6) is 5.88 Å². The number of hydrazine groups is 1. The molecule has 0 aliphatic rings. The third kappa shape index (κ3) is 7.98. The van der Waals surface area contributed by atoms with Gasteiger partial charge < -0.3 is 5.21 Å². The molecule has 13 heteroatoms. The van der Waals surface area contributed by atoms with Gasteiger partial charge in [-0.2, -0.15) is 0 Å². The van der Waals surface area contributed by atoms with Crippen LogP contribution in [-0.4, -0.2) is 43.9 Å². The van der Waals surface area contributed by atoms with E-state index in [1.807, 2.05) is 42.5 Å². The van der Waals surface area contributed by atoms with Crippen molar-refractivity contribution >= 4 is 33.7 Å². The monoisotopic (exact) mass is 444 g/mol. The van der Waals surface area contributed by atoms with Gasteiger partial charge in [0.05, 0.1) is 41.5 Å². The lowest BCUT2D eigenvalue weighted by molar-refractivity contribution is -0.538. The Morgan fingerprint density at radius 1 is 0.935 bits per heavy atom. The Balaban J connectivity index is 0.000000187. The van der Waals surface area contributed by atoms with Crippen molar-refractivity contribution in [2.45, 2.75) is 0 Å². The van der Waals surface area contributed by atoms with Crippen LogP contribution >= 0.6 is 11.6 Å². The fourth-order valence-corrected chi connectivity index (χ4v) is 2.16. The van der Waals surface area contributed by atoms with Gasteiger partial charge in [0.25, 0.3) is 5.88 Å².